The fraction of sp³-hybridized carbons (Fsp3) is 0.667. The third kappa shape index (κ3) is 4.34. The van der Waals surface area contributed by atoms with Gasteiger partial charge in [-0.25, -0.2) is 13.4 Å². The zero-order chi connectivity index (χ0) is 14.1. The van der Waals surface area contributed by atoms with Crippen LogP contribution in [0.4, 0.5) is 11.8 Å². The Labute approximate surface area is 114 Å². The number of sulfone groups is 1. The molecule has 7 heteroatoms. The smallest absolute Gasteiger partial charge is 0.224 e. The van der Waals surface area contributed by atoms with Gasteiger partial charge in [0.05, 0.1) is 11.5 Å². The highest BCUT2D eigenvalue weighted by Gasteiger charge is 2.28. The molecular weight excluding hydrogens is 264 g/mol. The summed E-state index contributed by atoms with van der Waals surface area (Å²) in [5.74, 6) is 1.60. The van der Waals surface area contributed by atoms with E-state index in [1.807, 2.05) is 20.8 Å². The Morgan fingerprint density at radius 1 is 1.37 bits per heavy atom. The van der Waals surface area contributed by atoms with Crippen LogP contribution in [0, 0.1) is 0 Å². The number of hydrogen-bond donors (Lipinski definition) is 2. The Hall–Kier alpha value is -1.37. The Morgan fingerprint density at radius 3 is 2.68 bits per heavy atom. The van der Waals surface area contributed by atoms with Gasteiger partial charge in [-0.15, -0.1) is 0 Å². The van der Waals surface area contributed by atoms with Crippen molar-refractivity contribution in [1.29, 1.82) is 0 Å². The normalized spacial score (nSPS) is 22.2. The lowest BCUT2D eigenvalue weighted by molar-refractivity contribution is 0.602. The molecule has 1 saturated heterocycles. The molecule has 1 aliphatic rings. The van der Waals surface area contributed by atoms with Crippen LogP contribution in [0.1, 0.15) is 27.2 Å². The van der Waals surface area contributed by atoms with Crippen LogP contribution >= 0.6 is 0 Å². The van der Waals surface area contributed by atoms with Crippen LogP contribution in [0.2, 0.25) is 0 Å². The van der Waals surface area contributed by atoms with Crippen LogP contribution in [0.3, 0.4) is 0 Å². The summed E-state index contributed by atoms with van der Waals surface area (Å²) in [6.45, 7) is 6.14. The second-order valence-electron chi connectivity index (χ2n) is 5.88. The van der Waals surface area contributed by atoms with E-state index >= 15 is 0 Å². The van der Waals surface area contributed by atoms with Crippen LogP contribution < -0.4 is 10.6 Å². The molecule has 1 unspecified atom stereocenters. The first-order valence-electron chi connectivity index (χ1n) is 6.32. The van der Waals surface area contributed by atoms with Crippen molar-refractivity contribution in [2.75, 3.05) is 22.1 Å². The van der Waals surface area contributed by atoms with Crippen LogP contribution in [0.25, 0.3) is 0 Å². The monoisotopic (exact) mass is 284 g/mol. The second kappa shape index (κ2) is 4.96. The van der Waals surface area contributed by atoms with E-state index in [0.717, 1.165) is 5.82 Å². The number of nitrogens with zero attached hydrogens (tertiary/aromatic N) is 2. The molecule has 1 aromatic rings. The van der Waals surface area contributed by atoms with Gasteiger partial charge in [-0.1, -0.05) is 0 Å². The number of aromatic nitrogens is 2. The maximum Gasteiger partial charge on any atom is 0.224 e. The lowest BCUT2D eigenvalue weighted by Crippen LogP contribution is -2.27. The van der Waals surface area contributed by atoms with Crippen LogP contribution in [-0.4, -0.2) is 41.5 Å². The van der Waals surface area contributed by atoms with Crippen LogP contribution in [0.15, 0.2) is 12.3 Å². The highest BCUT2D eigenvalue weighted by molar-refractivity contribution is 7.91. The van der Waals surface area contributed by atoms with Crippen molar-refractivity contribution in [2.45, 2.75) is 38.8 Å². The van der Waals surface area contributed by atoms with Gasteiger partial charge in [0.1, 0.15) is 5.82 Å². The van der Waals surface area contributed by atoms with E-state index in [2.05, 4.69) is 20.6 Å². The Morgan fingerprint density at radius 2 is 2.11 bits per heavy atom. The summed E-state index contributed by atoms with van der Waals surface area (Å²) in [5.41, 5.74) is -0.0810. The van der Waals surface area contributed by atoms with Gasteiger partial charge in [-0.3, -0.25) is 0 Å². The highest BCUT2D eigenvalue weighted by atomic mass is 32.2. The molecule has 6 nitrogen and oxygen atoms in total. The molecule has 1 aliphatic heterocycles. The molecule has 106 valence electrons. The van der Waals surface area contributed by atoms with Gasteiger partial charge in [-0.05, 0) is 33.3 Å². The Balaban J connectivity index is 2.04. The summed E-state index contributed by atoms with van der Waals surface area (Å²) < 4.78 is 22.8. The fourth-order valence-electron chi connectivity index (χ4n) is 1.97. The molecular formula is C12H20N4O2S. The first-order chi connectivity index (χ1) is 8.73. The second-order valence-corrected chi connectivity index (χ2v) is 8.11. The molecule has 0 saturated carbocycles. The number of hydrogen-bond acceptors (Lipinski definition) is 6. The highest BCUT2D eigenvalue weighted by Crippen LogP contribution is 2.17. The van der Waals surface area contributed by atoms with Crippen molar-refractivity contribution in [3.05, 3.63) is 12.3 Å². The van der Waals surface area contributed by atoms with Gasteiger partial charge in [-0.2, -0.15) is 4.98 Å². The van der Waals surface area contributed by atoms with E-state index in [1.54, 1.807) is 12.3 Å². The minimum absolute atomic E-state index is 0.0810. The topological polar surface area (TPSA) is 84.0 Å². The first kappa shape index (κ1) is 14.0. The van der Waals surface area contributed by atoms with Crippen molar-refractivity contribution in [2.24, 2.45) is 0 Å². The SMILES string of the molecule is CC(C)(C)Nc1ccnc(NC2CCS(=O)(=O)C2)n1. The molecule has 2 heterocycles. The number of anilines is 2. The van der Waals surface area contributed by atoms with E-state index in [-0.39, 0.29) is 23.1 Å². The van der Waals surface area contributed by atoms with Crippen molar-refractivity contribution in [1.82, 2.24) is 9.97 Å². The Kier molecular flexibility index (Phi) is 3.66. The van der Waals surface area contributed by atoms with Gasteiger partial charge in [0.2, 0.25) is 5.95 Å². The number of nitrogens with one attached hydrogen (secondary N) is 2. The lowest BCUT2D eigenvalue weighted by atomic mass is 10.1. The van der Waals surface area contributed by atoms with E-state index in [9.17, 15) is 8.42 Å². The zero-order valence-corrected chi connectivity index (χ0v) is 12.3. The molecule has 2 N–H and O–H groups in total. The summed E-state index contributed by atoms with van der Waals surface area (Å²) in [6.07, 6.45) is 2.27. The quantitative estimate of drug-likeness (QED) is 0.870. The molecule has 19 heavy (non-hydrogen) atoms. The molecule has 0 aliphatic carbocycles. The van der Waals surface area contributed by atoms with E-state index in [1.165, 1.54) is 0 Å². The van der Waals surface area contributed by atoms with E-state index in [4.69, 9.17) is 0 Å². The average Bonchev–Trinajstić information content (AvgIpc) is 2.56. The van der Waals surface area contributed by atoms with Gasteiger partial charge < -0.3 is 10.6 Å². The van der Waals surface area contributed by atoms with E-state index < -0.39 is 9.84 Å². The van der Waals surface area contributed by atoms with Gasteiger partial charge in [0, 0.05) is 17.8 Å². The van der Waals surface area contributed by atoms with Crippen molar-refractivity contribution >= 4 is 21.6 Å². The third-order valence-electron chi connectivity index (χ3n) is 2.72. The van der Waals surface area contributed by atoms with Gasteiger partial charge >= 0.3 is 0 Å². The zero-order valence-electron chi connectivity index (χ0n) is 11.5. The molecule has 0 bridgehead atoms. The molecule has 1 fully saturated rings. The molecule has 2 rings (SSSR count). The summed E-state index contributed by atoms with van der Waals surface area (Å²) in [7, 11) is -2.89. The van der Waals surface area contributed by atoms with Gasteiger partial charge in [0.15, 0.2) is 9.84 Å². The van der Waals surface area contributed by atoms with Crippen LogP contribution in [-0.2, 0) is 9.84 Å². The molecule has 0 spiro atoms. The predicted octanol–water partition coefficient (Wildman–Crippen LogP) is 1.29. The van der Waals surface area contributed by atoms with Crippen LogP contribution in [0.5, 0.6) is 0 Å². The van der Waals surface area contributed by atoms with E-state index in [0.29, 0.717) is 12.4 Å². The third-order valence-corrected chi connectivity index (χ3v) is 4.49. The maximum absolute atomic E-state index is 11.4. The maximum atomic E-state index is 11.4. The number of rotatable bonds is 3. The molecule has 0 amide bonds. The molecule has 1 aromatic heterocycles. The fourth-order valence-corrected chi connectivity index (χ4v) is 3.65. The minimum atomic E-state index is -2.89. The molecule has 1 atom stereocenters. The summed E-state index contributed by atoms with van der Waals surface area (Å²) in [4.78, 5) is 8.46. The predicted molar refractivity (Wildman–Crippen MR) is 76.1 cm³/mol. The summed E-state index contributed by atoms with van der Waals surface area (Å²) in [6, 6.07) is 1.71. The summed E-state index contributed by atoms with van der Waals surface area (Å²) in [5, 5.41) is 6.33. The van der Waals surface area contributed by atoms with Crippen molar-refractivity contribution < 1.29 is 8.42 Å². The largest absolute Gasteiger partial charge is 0.365 e. The molecule has 0 aromatic carbocycles. The van der Waals surface area contributed by atoms with Crippen molar-refractivity contribution in [3.8, 4) is 0 Å². The summed E-state index contributed by atoms with van der Waals surface area (Å²) >= 11 is 0. The Bertz CT molecular complexity index is 551. The first-order valence-corrected chi connectivity index (χ1v) is 8.14. The van der Waals surface area contributed by atoms with Gasteiger partial charge in [0.25, 0.3) is 0 Å². The minimum Gasteiger partial charge on any atom is -0.365 e. The molecule has 0 radical (unpaired) electrons. The average molecular weight is 284 g/mol. The van der Waals surface area contributed by atoms with Crippen molar-refractivity contribution in [3.63, 3.8) is 0 Å². The lowest BCUT2D eigenvalue weighted by Gasteiger charge is -2.21. The standard InChI is InChI=1S/C12H20N4O2S/c1-12(2,3)16-10-4-6-13-11(15-10)14-9-5-7-19(17,18)8-9/h4,6,9H,5,7-8H2,1-3H3,(H2,13,14,15,16).